The molecule has 1 aromatic rings. The summed E-state index contributed by atoms with van der Waals surface area (Å²) in [6.07, 6.45) is 2.86. The Morgan fingerprint density at radius 3 is 3.00 bits per heavy atom. The van der Waals surface area contributed by atoms with Crippen molar-refractivity contribution in [3.05, 3.63) is 28.8 Å². The van der Waals surface area contributed by atoms with E-state index in [1.807, 2.05) is 18.2 Å². The number of carbonyl (C=O) groups is 1. The fourth-order valence-corrected chi connectivity index (χ4v) is 4.69. The van der Waals surface area contributed by atoms with Crippen LogP contribution in [0.1, 0.15) is 30.7 Å². The van der Waals surface area contributed by atoms with Gasteiger partial charge in [0.2, 0.25) is 0 Å². The van der Waals surface area contributed by atoms with Crippen molar-refractivity contribution in [1.82, 2.24) is 4.90 Å². The Hall–Kier alpha value is -1.26. The molecule has 0 spiro atoms. The maximum absolute atomic E-state index is 11.6. The predicted octanol–water partition coefficient (Wildman–Crippen LogP) is 2.79. The molecule has 0 radical (unpaired) electrons. The number of nitrogens with zero attached hydrogens (tertiary/aromatic N) is 1. The van der Waals surface area contributed by atoms with Crippen LogP contribution in [0.15, 0.2) is 18.2 Å². The van der Waals surface area contributed by atoms with E-state index >= 15 is 0 Å². The van der Waals surface area contributed by atoms with Crippen LogP contribution in [-0.4, -0.2) is 41.1 Å². The number of carboxylic acid groups (broad SMARTS) is 1. The zero-order chi connectivity index (χ0) is 14.6. The normalized spacial score (nSPS) is 34.5. The molecule has 3 heterocycles. The molecule has 5 heteroatoms. The number of halogens is 1. The Bertz CT molecular complexity index is 592. The average molecular weight is 307 g/mol. The summed E-state index contributed by atoms with van der Waals surface area (Å²) in [6.45, 7) is 2.01. The number of benzene rings is 1. The number of fused-ring (bicyclic) bond motifs is 5. The van der Waals surface area contributed by atoms with E-state index in [1.54, 1.807) is 0 Å². The molecule has 0 aliphatic carbocycles. The van der Waals surface area contributed by atoms with Gasteiger partial charge in [0, 0.05) is 28.7 Å². The summed E-state index contributed by atoms with van der Waals surface area (Å²) in [4.78, 5) is 14.0. The first-order valence-electron chi connectivity index (χ1n) is 7.68. The van der Waals surface area contributed by atoms with Gasteiger partial charge in [-0.2, -0.15) is 0 Å². The molecule has 21 heavy (non-hydrogen) atoms. The lowest BCUT2D eigenvalue weighted by Crippen LogP contribution is -2.59. The minimum absolute atomic E-state index is 0.0983. The van der Waals surface area contributed by atoms with E-state index in [0.717, 1.165) is 43.1 Å². The third kappa shape index (κ3) is 2.04. The largest absolute Gasteiger partial charge is 0.481 e. The first-order valence-corrected chi connectivity index (χ1v) is 8.06. The monoisotopic (exact) mass is 306 g/mol. The van der Waals surface area contributed by atoms with Crippen LogP contribution >= 0.6 is 11.6 Å². The molecule has 3 aliphatic rings. The smallest absolute Gasteiger partial charge is 0.308 e. The van der Waals surface area contributed by atoms with Gasteiger partial charge in [0.15, 0.2) is 0 Å². The highest BCUT2D eigenvalue weighted by atomic mass is 35.5. The third-order valence-electron chi connectivity index (χ3n) is 5.38. The molecular weight excluding hydrogens is 288 g/mol. The molecule has 112 valence electrons. The topological polar surface area (TPSA) is 52.6 Å². The molecule has 1 aromatic carbocycles. The highest BCUT2D eigenvalue weighted by Gasteiger charge is 2.49. The summed E-state index contributed by atoms with van der Waals surface area (Å²) in [5.41, 5.74) is 2.40. The van der Waals surface area contributed by atoms with Crippen LogP contribution < -0.4 is 5.32 Å². The average Bonchev–Trinajstić information content (AvgIpc) is 2.84. The Labute approximate surface area is 129 Å². The number of aliphatic carboxylic acids is 1. The molecule has 0 bridgehead atoms. The van der Waals surface area contributed by atoms with Gasteiger partial charge in [-0.25, -0.2) is 0 Å². The van der Waals surface area contributed by atoms with Gasteiger partial charge in [0.1, 0.15) is 0 Å². The van der Waals surface area contributed by atoms with Crippen molar-refractivity contribution in [3.63, 3.8) is 0 Å². The highest BCUT2D eigenvalue weighted by Crippen LogP contribution is 2.47. The summed E-state index contributed by atoms with van der Waals surface area (Å²) in [5.74, 6) is -0.523. The lowest BCUT2D eigenvalue weighted by Gasteiger charge is -2.48. The van der Waals surface area contributed by atoms with E-state index < -0.39 is 5.97 Å². The van der Waals surface area contributed by atoms with Crippen molar-refractivity contribution in [2.24, 2.45) is 5.92 Å². The van der Waals surface area contributed by atoms with Crippen LogP contribution in [0.25, 0.3) is 0 Å². The van der Waals surface area contributed by atoms with Crippen molar-refractivity contribution in [3.8, 4) is 0 Å². The van der Waals surface area contributed by atoms with Crippen molar-refractivity contribution in [2.45, 2.75) is 37.3 Å². The lowest BCUT2D eigenvalue weighted by atomic mass is 9.75. The number of carboxylic acids is 1. The summed E-state index contributed by atoms with van der Waals surface area (Å²) < 4.78 is 0. The first kappa shape index (κ1) is 13.4. The minimum Gasteiger partial charge on any atom is -0.481 e. The fraction of sp³-hybridized carbons (Fsp3) is 0.562. The van der Waals surface area contributed by atoms with Gasteiger partial charge in [0.25, 0.3) is 0 Å². The Balaban J connectivity index is 1.70. The van der Waals surface area contributed by atoms with Gasteiger partial charge in [-0.1, -0.05) is 11.6 Å². The standard InChI is InChI=1S/C16H19ClN2O2/c17-9-3-4-13-12(8-9)10-5-7-19-6-1-2-11(16(20)21)15(19)14(10)18-13/h3-4,8,10-11,14-15,18H,1-2,5-7H2,(H,20,21). The maximum Gasteiger partial charge on any atom is 0.308 e. The van der Waals surface area contributed by atoms with Crippen LogP contribution in [0.4, 0.5) is 5.69 Å². The lowest BCUT2D eigenvalue weighted by molar-refractivity contribution is -0.147. The van der Waals surface area contributed by atoms with E-state index in [-0.39, 0.29) is 18.0 Å². The van der Waals surface area contributed by atoms with Crippen molar-refractivity contribution in [1.29, 1.82) is 0 Å². The van der Waals surface area contributed by atoms with Crippen molar-refractivity contribution >= 4 is 23.3 Å². The van der Waals surface area contributed by atoms with E-state index in [4.69, 9.17) is 11.6 Å². The van der Waals surface area contributed by atoms with Crippen molar-refractivity contribution < 1.29 is 9.90 Å². The first-order chi connectivity index (χ1) is 10.1. The maximum atomic E-state index is 11.6. The number of rotatable bonds is 1. The quantitative estimate of drug-likeness (QED) is 0.838. The van der Waals surface area contributed by atoms with Gasteiger partial charge in [0.05, 0.1) is 5.92 Å². The van der Waals surface area contributed by atoms with Crippen LogP contribution in [0.3, 0.4) is 0 Å². The summed E-state index contributed by atoms with van der Waals surface area (Å²) in [7, 11) is 0. The van der Waals surface area contributed by atoms with Gasteiger partial charge < -0.3 is 10.4 Å². The number of anilines is 1. The molecular formula is C16H19ClN2O2. The van der Waals surface area contributed by atoms with Crippen molar-refractivity contribution in [2.75, 3.05) is 18.4 Å². The molecule has 0 amide bonds. The predicted molar refractivity (Wildman–Crippen MR) is 81.9 cm³/mol. The molecule has 2 fully saturated rings. The van der Waals surface area contributed by atoms with E-state index in [9.17, 15) is 9.90 Å². The zero-order valence-corrected chi connectivity index (χ0v) is 12.5. The summed E-state index contributed by atoms with van der Waals surface area (Å²) in [6, 6.07) is 6.27. The van der Waals surface area contributed by atoms with Gasteiger partial charge in [-0.15, -0.1) is 0 Å². The number of hydrogen-bond acceptors (Lipinski definition) is 3. The zero-order valence-electron chi connectivity index (χ0n) is 11.8. The third-order valence-corrected chi connectivity index (χ3v) is 5.61. The molecule has 4 atom stereocenters. The van der Waals surface area contributed by atoms with E-state index in [2.05, 4.69) is 10.2 Å². The molecule has 2 saturated heterocycles. The molecule has 2 N–H and O–H groups in total. The van der Waals surface area contributed by atoms with Crippen LogP contribution in [0.2, 0.25) is 5.02 Å². The SMILES string of the molecule is O=C(O)C1CCCN2CCC3c4cc(Cl)ccc4NC3C12. The second-order valence-corrected chi connectivity index (χ2v) is 6.85. The van der Waals surface area contributed by atoms with Gasteiger partial charge in [-0.3, -0.25) is 9.69 Å². The number of nitrogens with one attached hydrogen (secondary N) is 1. The van der Waals surface area contributed by atoms with E-state index in [0.29, 0.717) is 5.92 Å². The Morgan fingerprint density at radius 2 is 2.19 bits per heavy atom. The molecule has 0 aromatic heterocycles. The molecule has 4 unspecified atom stereocenters. The molecule has 4 nitrogen and oxygen atoms in total. The van der Waals surface area contributed by atoms with Crippen LogP contribution in [0.5, 0.6) is 0 Å². The summed E-state index contributed by atoms with van der Waals surface area (Å²) in [5, 5.41) is 13.9. The second kappa shape index (κ2) is 4.89. The van der Waals surface area contributed by atoms with Gasteiger partial charge in [-0.05, 0) is 56.1 Å². The molecule has 0 saturated carbocycles. The molecule has 4 rings (SSSR count). The minimum atomic E-state index is -0.652. The number of hydrogen-bond donors (Lipinski definition) is 2. The Kier molecular flexibility index (Phi) is 3.12. The summed E-state index contributed by atoms with van der Waals surface area (Å²) >= 11 is 6.14. The van der Waals surface area contributed by atoms with Gasteiger partial charge >= 0.3 is 5.97 Å². The fourth-order valence-electron chi connectivity index (χ4n) is 4.51. The second-order valence-electron chi connectivity index (χ2n) is 6.41. The Morgan fingerprint density at radius 1 is 1.33 bits per heavy atom. The molecule has 3 aliphatic heterocycles. The van der Waals surface area contributed by atoms with Crippen LogP contribution in [-0.2, 0) is 4.79 Å². The van der Waals surface area contributed by atoms with E-state index in [1.165, 1.54) is 5.56 Å². The highest BCUT2D eigenvalue weighted by molar-refractivity contribution is 6.30. The number of piperidine rings is 2. The van der Waals surface area contributed by atoms with Crippen LogP contribution in [0, 0.1) is 5.92 Å².